The molecule has 22 heavy (non-hydrogen) atoms. The van der Waals surface area contributed by atoms with Crippen molar-refractivity contribution < 1.29 is 9.59 Å². The average Bonchev–Trinajstić information content (AvgIpc) is 3.10. The fraction of sp³-hybridized carbons (Fsp3) is 0.667. The summed E-state index contributed by atoms with van der Waals surface area (Å²) in [7, 11) is 0. The molecule has 1 fully saturated rings. The number of carbonyl (C=O) groups is 2. The molecule has 0 aromatic carbocycles. The Morgan fingerprint density at radius 2 is 2.00 bits per heavy atom. The van der Waals surface area contributed by atoms with Gasteiger partial charge in [0, 0.05) is 57.4 Å². The van der Waals surface area contributed by atoms with E-state index in [1.807, 2.05) is 4.90 Å². The van der Waals surface area contributed by atoms with Gasteiger partial charge in [-0.3, -0.25) is 19.6 Å². The molecule has 2 heterocycles. The molecule has 0 spiro atoms. The lowest BCUT2D eigenvalue weighted by Crippen LogP contribution is -2.49. The summed E-state index contributed by atoms with van der Waals surface area (Å²) in [5, 5.41) is 10.1. The molecule has 7 nitrogen and oxygen atoms in total. The van der Waals surface area contributed by atoms with E-state index >= 15 is 0 Å². The Balaban J connectivity index is 1.42. The molecule has 0 bridgehead atoms. The number of amides is 2. The molecular formula is C15H23N5O2. The molecule has 1 aromatic heterocycles. The van der Waals surface area contributed by atoms with Crippen LogP contribution in [0.5, 0.6) is 0 Å². The summed E-state index contributed by atoms with van der Waals surface area (Å²) >= 11 is 0. The SMILES string of the molecule is CC(=O)N1CCN(CCNC(=O)c2n[nH]c3c2CCC3)CC1. The molecule has 0 atom stereocenters. The summed E-state index contributed by atoms with van der Waals surface area (Å²) in [6.07, 6.45) is 3.04. The van der Waals surface area contributed by atoms with Crippen LogP contribution in [-0.2, 0) is 17.6 Å². The lowest BCUT2D eigenvalue weighted by molar-refractivity contribution is -0.130. The lowest BCUT2D eigenvalue weighted by Gasteiger charge is -2.34. The Morgan fingerprint density at radius 1 is 1.23 bits per heavy atom. The van der Waals surface area contributed by atoms with Gasteiger partial charge in [0.05, 0.1) is 0 Å². The number of carbonyl (C=O) groups excluding carboxylic acids is 2. The summed E-state index contributed by atoms with van der Waals surface area (Å²) in [5.41, 5.74) is 2.77. The maximum atomic E-state index is 12.2. The summed E-state index contributed by atoms with van der Waals surface area (Å²) < 4.78 is 0. The van der Waals surface area contributed by atoms with Crippen LogP contribution in [0.2, 0.25) is 0 Å². The summed E-state index contributed by atoms with van der Waals surface area (Å²) in [6, 6.07) is 0. The Kier molecular flexibility index (Phi) is 4.42. The number of aryl methyl sites for hydroxylation is 1. The van der Waals surface area contributed by atoms with Gasteiger partial charge >= 0.3 is 0 Å². The second-order valence-corrected chi connectivity index (χ2v) is 5.99. The zero-order chi connectivity index (χ0) is 15.5. The molecule has 120 valence electrons. The summed E-state index contributed by atoms with van der Waals surface area (Å²) in [5.74, 6) is 0.0575. The van der Waals surface area contributed by atoms with Gasteiger partial charge in [0.1, 0.15) is 0 Å². The molecule has 0 unspecified atom stereocenters. The first-order valence-electron chi connectivity index (χ1n) is 7.97. The molecule has 2 aliphatic rings. The molecule has 0 saturated carbocycles. The molecule has 1 aliphatic carbocycles. The first kappa shape index (κ1) is 15.0. The number of nitrogens with one attached hydrogen (secondary N) is 2. The standard InChI is InChI=1S/C15H23N5O2/c1-11(21)20-9-7-19(8-10-20)6-5-16-15(22)14-12-3-2-4-13(12)17-18-14/h2-10H2,1H3,(H,16,22)(H,17,18). The van der Waals surface area contributed by atoms with Gasteiger partial charge in [-0.2, -0.15) is 5.10 Å². The van der Waals surface area contributed by atoms with Crippen molar-refractivity contribution in [1.82, 2.24) is 25.3 Å². The van der Waals surface area contributed by atoms with Crippen LogP contribution in [0.25, 0.3) is 0 Å². The van der Waals surface area contributed by atoms with Gasteiger partial charge in [0.15, 0.2) is 5.69 Å². The fourth-order valence-electron chi connectivity index (χ4n) is 3.20. The second-order valence-electron chi connectivity index (χ2n) is 5.99. The summed E-state index contributed by atoms with van der Waals surface area (Å²) in [4.78, 5) is 27.6. The van der Waals surface area contributed by atoms with Crippen LogP contribution in [0.4, 0.5) is 0 Å². The molecule has 1 aromatic rings. The van der Waals surface area contributed by atoms with Gasteiger partial charge in [-0.25, -0.2) is 0 Å². The third kappa shape index (κ3) is 3.14. The molecule has 7 heteroatoms. The van der Waals surface area contributed by atoms with Crippen molar-refractivity contribution >= 4 is 11.8 Å². The van der Waals surface area contributed by atoms with E-state index in [1.165, 1.54) is 0 Å². The lowest BCUT2D eigenvalue weighted by atomic mass is 10.2. The fourth-order valence-corrected chi connectivity index (χ4v) is 3.20. The Labute approximate surface area is 130 Å². The highest BCUT2D eigenvalue weighted by Crippen LogP contribution is 2.22. The van der Waals surface area contributed by atoms with E-state index in [0.29, 0.717) is 12.2 Å². The number of piperazine rings is 1. The van der Waals surface area contributed by atoms with Crippen molar-refractivity contribution in [3.63, 3.8) is 0 Å². The normalized spacial score (nSPS) is 18.3. The van der Waals surface area contributed by atoms with Gasteiger partial charge in [-0.15, -0.1) is 0 Å². The van der Waals surface area contributed by atoms with E-state index in [-0.39, 0.29) is 11.8 Å². The van der Waals surface area contributed by atoms with Crippen molar-refractivity contribution in [3.8, 4) is 0 Å². The number of fused-ring (bicyclic) bond motifs is 1. The summed E-state index contributed by atoms with van der Waals surface area (Å²) in [6.45, 7) is 6.32. The molecule has 2 N–H and O–H groups in total. The van der Waals surface area contributed by atoms with E-state index in [0.717, 1.165) is 63.2 Å². The van der Waals surface area contributed by atoms with Crippen molar-refractivity contribution in [2.45, 2.75) is 26.2 Å². The third-order valence-corrected chi connectivity index (χ3v) is 4.55. The number of rotatable bonds is 4. The Bertz CT molecular complexity index is 560. The number of aromatic amines is 1. The van der Waals surface area contributed by atoms with E-state index in [9.17, 15) is 9.59 Å². The molecule has 1 saturated heterocycles. The zero-order valence-corrected chi connectivity index (χ0v) is 13.0. The Morgan fingerprint density at radius 3 is 2.73 bits per heavy atom. The average molecular weight is 305 g/mol. The largest absolute Gasteiger partial charge is 0.349 e. The number of hydrogen-bond donors (Lipinski definition) is 2. The first-order valence-corrected chi connectivity index (χ1v) is 7.97. The molecule has 3 rings (SSSR count). The van der Waals surface area contributed by atoms with Gasteiger partial charge in [-0.1, -0.05) is 0 Å². The molecular weight excluding hydrogens is 282 g/mol. The van der Waals surface area contributed by atoms with Gasteiger partial charge in [0.25, 0.3) is 5.91 Å². The van der Waals surface area contributed by atoms with Crippen molar-refractivity contribution in [2.75, 3.05) is 39.3 Å². The Hall–Kier alpha value is -1.89. The van der Waals surface area contributed by atoms with Crippen molar-refractivity contribution in [3.05, 3.63) is 17.0 Å². The zero-order valence-electron chi connectivity index (χ0n) is 13.0. The topological polar surface area (TPSA) is 81.3 Å². The monoisotopic (exact) mass is 305 g/mol. The van der Waals surface area contributed by atoms with Crippen molar-refractivity contribution in [2.24, 2.45) is 0 Å². The number of hydrogen-bond acceptors (Lipinski definition) is 4. The van der Waals surface area contributed by atoms with E-state index < -0.39 is 0 Å². The van der Waals surface area contributed by atoms with Crippen LogP contribution < -0.4 is 5.32 Å². The number of aromatic nitrogens is 2. The number of H-pyrrole nitrogens is 1. The predicted octanol–water partition coefficient (Wildman–Crippen LogP) is -0.208. The van der Waals surface area contributed by atoms with Crippen LogP contribution >= 0.6 is 0 Å². The highest BCUT2D eigenvalue weighted by molar-refractivity contribution is 5.94. The quantitative estimate of drug-likeness (QED) is 0.807. The molecule has 2 amide bonds. The van der Waals surface area contributed by atoms with E-state index in [2.05, 4.69) is 20.4 Å². The molecule has 1 aliphatic heterocycles. The van der Waals surface area contributed by atoms with Gasteiger partial charge in [0.2, 0.25) is 5.91 Å². The van der Waals surface area contributed by atoms with Gasteiger partial charge < -0.3 is 10.2 Å². The maximum absolute atomic E-state index is 12.2. The van der Waals surface area contributed by atoms with Crippen LogP contribution in [0.1, 0.15) is 35.1 Å². The van der Waals surface area contributed by atoms with E-state index in [1.54, 1.807) is 6.92 Å². The first-order chi connectivity index (χ1) is 10.6. The predicted molar refractivity (Wildman–Crippen MR) is 81.6 cm³/mol. The number of nitrogens with zero attached hydrogens (tertiary/aromatic N) is 3. The highest BCUT2D eigenvalue weighted by atomic mass is 16.2. The minimum atomic E-state index is -0.0817. The van der Waals surface area contributed by atoms with Gasteiger partial charge in [-0.05, 0) is 19.3 Å². The van der Waals surface area contributed by atoms with E-state index in [4.69, 9.17) is 0 Å². The van der Waals surface area contributed by atoms with Crippen LogP contribution in [0, 0.1) is 0 Å². The van der Waals surface area contributed by atoms with Crippen LogP contribution in [-0.4, -0.2) is 71.1 Å². The van der Waals surface area contributed by atoms with Crippen LogP contribution in [0.3, 0.4) is 0 Å². The third-order valence-electron chi connectivity index (χ3n) is 4.55. The van der Waals surface area contributed by atoms with Crippen molar-refractivity contribution in [1.29, 1.82) is 0 Å². The second kappa shape index (κ2) is 6.48. The minimum absolute atomic E-state index is 0.0817. The smallest absolute Gasteiger partial charge is 0.272 e. The highest BCUT2D eigenvalue weighted by Gasteiger charge is 2.23. The minimum Gasteiger partial charge on any atom is -0.349 e. The maximum Gasteiger partial charge on any atom is 0.272 e. The molecule has 0 radical (unpaired) electrons. The van der Waals surface area contributed by atoms with Crippen LogP contribution in [0.15, 0.2) is 0 Å².